The number of carboxylic acids is 1. The minimum absolute atomic E-state index is 0.212. The number of sulfone groups is 1. The zero-order chi connectivity index (χ0) is 19.6. The van der Waals surface area contributed by atoms with Crippen molar-refractivity contribution in [3.63, 3.8) is 0 Å². The molecule has 3 rings (SSSR count). The summed E-state index contributed by atoms with van der Waals surface area (Å²) < 4.78 is 28.6. The van der Waals surface area contributed by atoms with Crippen LogP contribution in [-0.4, -0.2) is 31.7 Å². The summed E-state index contributed by atoms with van der Waals surface area (Å²) in [4.78, 5) is 23.4. The van der Waals surface area contributed by atoms with E-state index in [-0.39, 0.29) is 10.8 Å². The topological polar surface area (TPSA) is 110 Å². The predicted molar refractivity (Wildman–Crippen MR) is 98.5 cm³/mol. The SMILES string of the molecule is CS(=O)(=O)c1ccc(Oc2ccc(NC(=O)C3CCC3C(=O)O)cc2)cc1. The first-order chi connectivity index (χ1) is 12.7. The molecule has 1 amide bonds. The van der Waals surface area contributed by atoms with E-state index in [2.05, 4.69) is 5.32 Å². The van der Waals surface area contributed by atoms with Crippen molar-refractivity contribution in [3.8, 4) is 11.5 Å². The zero-order valence-electron chi connectivity index (χ0n) is 14.6. The first kappa shape index (κ1) is 18.9. The number of rotatable bonds is 6. The highest BCUT2D eigenvalue weighted by molar-refractivity contribution is 7.90. The molecule has 0 heterocycles. The molecule has 0 saturated heterocycles. The Labute approximate surface area is 156 Å². The van der Waals surface area contributed by atoms with Crippen LogP contribution in [0.25, 0.3) is 0 Å². The van der Waals surface area contributed by atoms with Crippen LogP contribution < -0.4 is 10.1 Å². The predicted octanol–water partition coefficient (Wildman–Crippen LogP) is 2.93. The fourth-order valence-corrected chi connectivity index (χ4v) is 3.47. The van der Waals surface area contributed by atoms with Crippen LogP contribution >= 0.6 is 0 Å². The molecule has 2 aromatic rings. The first-order valence-corrected chi connectivity index (χ1v) is 10.2. The Bertz CT molecular complexity index is 951. The van der Waals surface area contributed by atoms with Crippen LogP contribution in [0.4, 0.5) is 5.69 Å². The van der Waals surface area contributed by atoms with E-state index in [0.717, 1.165) is 6.26 Å². The van der Waals surface area contributed by atoms with Gasteiger partial charge in [0.1, 0.15) is 11.5 Å². The Morgan fingerprint density at radius 1 is 0.963 bits per heavy atom. The van der Waals surface area contributed by atoms with E-state index in [4.69, 9.17) is 9.84 Å². The molecule has 142 valence electrons. The second-order valence-corrected chi connectivity index (χ2v) is 8.50. The number of carboxylic acid groups (broad SMARTS) is 1. The summed E-state index contributed by atoms with van der Waals surface area (Å²) in [6, 6.07) is 12.7. The lowest BCUT2D eigenvalue weighted by atomic mass is 9.73. The first-order valence-electron chi connectivity index (χ1n) is 8.36. The van der Waals surface area contributed by atoms with Crippen LogP contribution in [-0.2, 0) is 19.4 Å². The van der Waals surface area contributed by atoms with Crippen LogP contribution in [0.1, 0.15) is 12.8 Å². The minimum Gasteiger partial charge on any atom is -0.481 e. The normalized spacial score (nSPS) is 19.0. The number of aliphatic carboxylic acids is 1. The van der Waals surface area contributed by atoms with Crippen molar-refractivity contribution in [2.45, 2.75) is 17.7 Å². The van der Waals surface area contributed by atoms with Crippen molar-refractivity contribution >= 4 is 27.4 Å². The summed E-state index contributed by atoms with van der Waals surface area (Å²) in [5.41, 5.74) is 0.552. The molecule has 2 unspecified atom stereocenters. The molecule has 0 bridgehead atoms. The van der Waals surface area contributed by atoms with Gasteiger partial charge >= 0.3 is 5.97 Å². The van der Waals surface area contributed by atoms with Crippen molar-refractivity contribution in [2.75, 3.05) is 11.6 Å². The number of hydrogen-bond acceptors (Lipinski definition) is 5. The molecule has 7 nitrogen and oxygen atoms in total. The van der Waals surface area contributed by atoms with Gasteiger partial charge < -0.3 is 15.2 Å². The van der Waals surface area contributed by atoms with Gasteiger partial charge in [-0.3, -0.25) is 9.59 Å². The van der Waals surface area contributed by atoms with Gasteiger partial charge in [0.2, 0.25) is 5.91 Å². The monoisotopic (exact) mass is 389 g/mol. The van der Waals surface area contributed by atoms with Gasteiger partial charge in [0.15, 0.2) is 9.84 Å². The molecule has 0 spiro atoms. The number of nitrogens with one attached hydrogen (secondary N) is 1. The maximum Gasteiger partial charge on any atom is 0.307 e. The second-order valence-electron chi connectivity index (χ2n) is 6.49. The Hall–Kier alpha value is -2.87. The number of anilines is 1. The largest absolute Gasteiger partial charge is 0.481 e. The van der Waals surface area contributed by atoms with E-state index in [1.54, 1.807) is 36.4 Å². The standard InChI is InChI=1S/C19H19NO6S/c1-27(24,25)15-8-6-14(7-9-15)26-13-4-2-12(3-5-13)20-18(21)16-10-11-17(16)19(22)23/h2-9,16-17H,10-11H2,1H3,(H,20,21)(H,22,23). The molecule has 2 N–H and O–H groups in total. The summed E-state index contributed by atoms with van der Waals surface area (Å²) in [5, 5.41) is 11.7. The molecule has 8 heteroatoms. The maximum absolute atomic E-state index is 12.1. The quantitative estimate of drug-likeness (QED) is 0.786. The molecule has 2 atom stereocenters. The molecule has 1 aliphatic carbocycles. The van der Waals surface area contributed by atoms with Crippen molar-refractivity contribution in [2.24, 2.45) is 11.8 Å². The number of benzene rings is 2. The highest BCUT2D eigenvalue weighted by Gasteiger charge is 2.41. The summed E-state index contributed by atoms with van der Waals surface area (Å²) in [6.07, 6.45) is 2.24. The molecule has 1 aliphatic rings. The van der Waals surface area contributed by atoms with Crippen LogP contribution in [0.5, 0.6) is 11.5 Å². The van der Waals surface area contributed by atoms with Gasteiger partial charge in [0.05, 0.1) is 16.7 Å². The Kier molecular flexibility index (Phi) is 5.18. The number of hydrogen-bond donors (Lipinski definition) is 2. The van der Waals surface area contributed by atoms with Crippen LogP contribution in [0.3, 0.4) is 0 Å². The van der Waals surface area contributed by atoms with Crippen molar-refractivity contribution in [1.29, 1.82) is 0 Å². The third-order valence-electron chi connectivity index (χ3n) is 4.54. The molecule has 27 heavy (non-hydrogen) atoms. The molecule has 1 saturated carbocycles. The highest BCUT2D eigenvalue weighted by Crippen LogP contribution is 2.35. The molecule has 1 fully saturated rings. The van der Waals surface area contributed by atoms with Gasteiger partial charge in [0.25, 0.3) is 0 Å². The molecule has 0 aliphatic heterocycles. The molecular formula is C19H19NO6S. The zero-order valence-corrected chi connectivity index (χ0v) is 15.4. The lowest BCUT2D eigenvalue weighted by Crippen LogP contribution is -2.41. The minimum atomic E-state index is -3.26. The van der Waals surface area contributed by atoms with Crippen LogP contribution in [0.2, 0.25) is 0 Å². The molecule has 0 aromatic heterocycles. The van der Waals surface area contributed by atoms with Gasteiger partial charge in [-0.15, -0.1) is 0 Å². The molecule has 0 radical (unpaired) electrons. The average Bonchev–Trinajstić information content (AvgIpc) is 2.54. The van der Waals surface area contributed by atoms with E-state index < -0.39 is 27.6 Å². The molecule has 2 aromatic carbocycles. The third kappa shape index (κ3) is 4.46. The van der Waals surface area contributed by atoms with Crippen molar-refractivity contribution in [1.82, 2.24) is 0 Å². The van der Waals surface area contributed by atoms with Crippen molar-refractivity contribution in [3.05, 3.63) is 48.5 Å². The van der Waals surface area contributed by atoms with E-state index >= 15 is 0 Å². The smallest absolute Gasteiger partial charge is 0.307 e. The van der Waals surface area contributed by atoms with Gasteiger partial charge in [-0.2, -0.15) is 0 Å². The van der Waals surface area contributed by atoms with Crippen LogP contribution in [0.15, 0.2) is 53.4 Å². The number of amides is 1. The Morgan fingerprint density at radius 3 is 1.93 bits per heavy atom. The fourth-order valence-electron chi connectivity index (χ4n) is 2.84. The van der Waals surface area contributed by atoms with Gasteiger partial charge in [-0.1, -0.05) is 0 Å². The Morgan fingerprint density at radius 2 is 1.48 bits per heavy atom. The van der Waals surface area contributed by atoms with E-state index in [1.807, 2.05) is 0 Å². The average molecular weight is 389 g/mol. The lowest BCUT2D eigenvalue weighted by Gasteiger charge is -2.31. The van der Waals surface area contributed by atoms with E-state index in [9.17, 15) is 18.0 Å². The van der Waals surface area contributed by atoms with Crippen molar-refractivity contribution < 1.29 is 27.9 Å². The third-order valence-corrected chi connectivity index (χ3v) is 5.67. The second kappa shape index (κ2) is 7.40. The summed E-state index contributed by atoms with van der Waals surface area (Å²) >= 11 is 0. The van der Waals surface area contributed by atoms with Gasteiger partial charge in [-0.05, 0) is 61.4 Å². The summed E-state index contributed by atoms with van der Waals surface area (Å²) in [5.74, 6) is -1.33. The maximum atomic E-state index is 12.1. The Balaban J connectivity index is 1.60. The summed E-state index contributed by atoms with van der Waals surface area (Å²) in [6.45, 7) is 0. The lowest BCUT2D eigenvalue weighted by molar-refractivity contribution is -0.151. The number of ether oxygens (including phenoxy) is 1. The molecular weight excluding hydrogens is 370 g/mol. The summed E-state index contributed by atoms with van der Waals surface area (Å²) in [7, 11) is -3.26. The number of carbonyl (C=O) groups excluding carboxylic acids is 1. The fraction of sp³-hybridized carbons (Fsp3) is 0.263. The van der Waals surface area contributed by atoms with Gasteiger partial charge in [-0.25, -0.2) is 8.42 Å². The number of carbonyl (C=O) groups is 2. The van der Waals surface area contributed by atoms with E-state index in [1.165, 1.54) is 12.1 Å². The van der Waals surface area contributed by atoms with E-state index in [0.29, 0.717) is 30.0 Å². The van der Waals surface area contributed by atoms with Gasteiger partial charge in [0, 0.05) is 11.9 Å². The van der Waals surface area contributed by atoms with Crippen LogP contribution in [0, 0.1) is 11.8 Å². The highest BCUT2D eigenvalue weighted by atomic mass is 32.2.